The topological polar surface area (TPSA) is 152 Å². The molecule has 8 nitrogen and oxygen atoms in total. The Kier molecular flexibility index (Phi) is 11.8. The van der Waals surface area contributed by atoms with Crippen molar-refractivity contribution in [1.29, 1.82) is 5.26 Å². The van der Waals surface area contributed by atoms with Crippen LogP contribution in [0.2, 0.25) is 0 Å². The van der Waals surface area contributed by atoms with Gasteiger partial charge in [0.15, 0.2) is 5.82 Å². The number of unbranched alkanes of at least 4 members (excludes halogenated alkanes) is 1. The molecule has 9 heteroatoms. The van der Waals surface area contributed by atoms with Crippen molar-refractivity contribution in [3.63, 3.8) is 0 Å². The summed E-state index contributed by atoms with van der Waals surface area (Å²) >= 11 is 0. The molecule has 2 aromatic heterocycles. The number of hydrogen-bond acceptors (Lipinski definition) is 7. The number of pyridine rings is 1. The third kappa shape index (κ3) is 7.75. The van der Waals surface area contributed by atoms with Gasteiger partial charge in [-0.1, -0.05) is 51.6 Å². The molecule has 0 aliphatic heterocycles. The molecule has 35 heavy (non-hydrogen) atoms. The summed E-state index contributed by atoms with van der Waals surface area (Å²) in [6.07, 6.45) is 5.39. The summed E-state index contributed by atoms with van der Waals surface area (Å²) in [6.45, 7) is 9.07. The van der Waals surface area contributed by atoms with E-state index >= 15 is 0 Å². The number of phenols is 1. The number of carbonyl (C=O) groups excluding carboxylic acids is 1. The first-order chi connectivity index (χ1) is 16.8. The number of halogens is 1. The number of aromatic nitrogens is 3. The monoisotopic (exact) mass is 476 g/mol. The zero-order valence-electron chi connectivity index (χ0n) is 20.0. The Morgan fingerprint density at radius 1 is 1.20 bits per heavy atom. The zero-order chi connectivity index (χ0) is 26.4. The van der Waals surface area contributed by atoms with E-state index in [4.69, 9.17) is 11.0 Å². The van der Waals surface area contributed by atoms with Crippen molar-refractivity contribution in [3.8, 4) is 23.1 Å². The zero-order valence-corrected chi connectivity index (χ0v) is 20.0. The highest BCUT2D eigenvalue weighted by Crippen LogP contribution is 2.34. The lowest BCUT2D eigenvalue weighted by molar-refractivity contribution is -0.113. The van der Waals surface area contributed by atoms with Gasteiger partial charge in [-0.05, 0) is 35.4 Å². The van der Waals surface area contributed by atoms with Gasteiger partial charge in [0.25, 0.3) is 0 Å². The predicted molar refractivity (Wildman–Crippen MR) is 138 cm³/mol. The molecule has 2 aromatic carbocycles. The Labute approximate surface area is 203 Å². The molecule has 182 valence electrons. The van der Waals surface area contributed by atoms with E-state index in [0.29, 0.717) is 17.4 Å². The molecule has 0 atom stereocenters. The van der Waals surface area contributed by atoms with Gasteiger partial charge in [0.1, 0.15) is 29.1 Å². The van der Waals surface area contributed by atoms with Crippen LogP contribution in [0.5, 0.6) is 5.75 Å². The molecule has 0 aliphatic carbocycles. The maximum Gasteiger partial charge on any atom is 0.240 e. The number of nitrogens with two attached hydrogens (primary N) is 2. The average Bonchev–Trinajstić information content (AvgIpc) is 2.87. The van der Waals surface area contributed by atoms with E-state index in [1.165, 1.54) is 18.6 Å². The van der Waals surface area contributed by atoms with Crippen LogP contribution in [0.25, 0.3) is 32.9 Å². The molecule has 2 heterocycles. The van der Waals surface area contributed by atoms with Gasteiger partial charge in [-0.15, -0.1) is 0 Å². The lowest BCUT2D eigenvalue weighted by Gasteiger charge is -2.10. The van der Waals surface area contributed by atoms with Crippen LogP contribution >= 0.6 is 0 Å². The first-order valence-corrected chi connectivity index (χ1v) is 10.9. The normalized spacial score (nSPS) is 9.34. The number of primary amides is 1. The number of aromatic hydroxyl groups is 1. The Morgan fingerprint density at radius 3 is 2.43 bits per heavy atom. The van der Waals surface area contributed by atoms with Crippen LogP contribution in [0.4, 0.5) is 10.2 Å². The van der Waals surface area contributed by atoms with Gasteiger partial charge in [0.2, 0.25) is 5.91 Å². The van der Waals surface area contributed by atoms with E-state index in [1.807, 2.05) is 51.1 Å². The van der Waals surface area contributed by atoms with Gasteiger partial charge >= 0.3 is 0 Å². The highest BCUT2D eigenvalue weighted by molar-refractivity contribution is 5.99. The highest BCUT2D eigenvalue weighted by Gasteiger charge is 2.16. The predicted octanol–water partition coefficient (Wildman–Crippen LogP) is 5.27. The lowest BCUT2D eigenvalue weighted by Crippen LogP contribution is -2.04. The van der Waals surface area contributed by atoms with Crippen LogP contribution in [-0.2, 0) is 4.79 Å². The molecule has 1 amide bonds. The van der Waals surface area contributed by atoms with E-state index in [2.05, 4.69) is 27.3 Å². The van der Waals surface area contributed by atoms with E-state index < -0.39 is 11.7 Å². The molecular weight excluding hydrogens is 447 g/mol. The van der Waals surface area contributed by atoms with Crippen LogP contribution in [0, 0.1) is 17.1 Å². The van der Waals surface area contributed by atoms with Crippen LogP contribution in [0.3, 0.4) is 0 Å². The quantitative estimate of drug-likeness (QED) is 0.341. The van der Waals surface area contributed by atoms with Crippen molar-refractivity contribution >= 4 is 33.4 Å². The number of phenolic OH excluding ortho intramolecular Hbond substituents is 1. The third-order valence-corrected chi connectivity index (χ3v) is 4.32. The lowest BCUT2D eigenvalue weighted by atomic mass is 10.0. The van der Waals surface area contributed by atoms with E-state index in [9.17, 15) is 14.3 Å². The summed E-state index contributed by atoms with van der Waals surface area (Å²) < 4.78 is 14.9. The SMILES string of the molecule is C=CC(N)=O.CC.CCCC#N.Nc1ncnc2c(F)c(-c3cc(O)cc4ccccc34)ncc12. The fraction of sp³-hybridized carbons (Fsp3) is 0.192. The molecule has 4 rings (SSSR count). The molecule has 0 spiro atoms. The number of nitriles is 1. The summed E-state index contributed by atoms with van der Waals surface area (Å²) in [5.41, 5.74) is 11.0. The standard InChI is InChI=1S/C17H11FN4O.C4H7N.C3H5NO.C2H6/c18-14-15(20-7-13-16(14)21-8-22-17(13)19)12-6-10(23)5-9-3-1-2-4-11(9)12;1-2-3-4-5;1-2-3(4)5;1-2/h1-8,23H,(H2,19,21,22);2-3H2,1H3;2H,1H2,(H2,4,5);1-2H3. The molecule has 0 aliphatic rings. The van der Waals surface area contributed by atoms with E-state index in [0.717, 1.165) is 23.3 Å². The van der Waals surface area contributed by atoms with Gasteiger partial charge in [-0.25, -0.2) is 14.4 Å². The summed E-state index contributed by atoms with van der Waals surface area (Å²) in [5.74, 6) is -0.853. The molecule has 4 aromatic rings. The van der Waals surface area contributed by atoms with Crippen LogP contribution in [-0.4, -0.2) is 26.0 Å². The maximum absolute atomic E-state index is 14.9. The van der Waals surface area contributed by atoms with Crippen LogP contribution in [0.15, 0.2) is 61.6 Å². The number of nitrogens with zero attached hydrogens (tertiary/aromatic N) is 4. The smallest absolute Gasteiger partial charge is 0.240 e. The molecule has 0 saturated heterocycles. The molecule has 0 bridgehead atoms. The Morgan fingerprint density at radius 2 is 1.86 bits per heavy atom. The number of hydrogen-bond donors (Lipinski definition) is 3. The summed E-state index contributed by atoms with van der Waals surface area (Å²) in [4.78, 5) is 21.5. The molecule has 5 N–H and O–H groups in total. The van der Waals surface area contributed by atoms with Crippen molar-refractivity contribution in [2.75, 3.05) is 5.73 Å². The fourth-order valence-electron chi connectivity index (χ4n) is 2.80. The van der Waals surface area contributed by atoms with Crippen molar-refractivity contribution in [3.05, 3.63) is 67.4 Å². The van der Waals surface area contributed by atoms with Crippen molar-refractivity contribution in [2.45, 2.75) is 33.6 Å². The summed E-state index contributed by atoms with van der Waals surface area (Å²) in [5, 5.41) is 19.7. The second kappa shape index (κ2) is 14.5. The fourth-order valence-corrected chi connectivity index (χ4v) is 2.80. The number of fused-ring (bicyclic) bond motifs is 2. The first-order valence-electron chi connectivity index (χ1n) is 10.9. The minimum Gasteiger partial charge on any atom is -0.508 e. The van der Waals surface area contributed by atoms with Gasteiger partial charge in [-0.3, -0.25) is 9.78 Å². The second-order valence-electron chi connectivity index (χ2n) is 6.67. The summed E-state index contributed by atoms with van der Waals surface area (Å²) in [7, 11) is 0. The Hall–Kier alpha value is -4.58. The molecule has 0 saturated carbocycles. The minimum atomic E-state index is -0.590. The number of carbonyl (C=O) groups is 1. The van der Waals surface area contributed by atoms with E-state index in [-0.39, 0.29) is 22.8 Å². The molecular formula is C26H29FN6O2. The number of rotatable bonds is 3. The largest absolute Gasteiger partial charge is 0.508 e. The van der Waals surface area contributed by atoms with Crippen LogP contribution < -0.4 is 11.5 Å². The average molecular weight is 477 g/mol. The van der Waals surface area contributed by atoms with E-state index in [1.54, 1.807) is 6.07 Å². The molecule has 0 radical (unpaired) electrons. The Bertz CT molecular complexity index is 1330. The second-order valence-corrected chi connectivity index (χ2v) is 6.67. The number of nitrogen functional groups attached to an aromatic ring is 1. The highest BCUT2D eigenvalue weighted by atomic mass is 19.1. The van der Waals surface area contributed by atoms with Gasteiger partial charge in [0, 0.05) is 18.2 Å². The number of anilines is 1. The van der Waals surface area contributed by atoms with Crippen molar-refractivity contribution in [1.82, 2.24) is 15.0 Å². The van der Waals surface area contributed by atoms with Crippen LogP contribution in [0.1, 0.15) is 33.6 Å². The van der Waals surface area contributed by atoms with Gasteiger partial charge in [-0.2, -0.15) is 5.26 Å². The Balaban J connectivity index is 0.000000431. The van der Waals surface area contributed by atoms with Gasteiger partial charge in [0.05, 0.1) is 11.5 Å². The number of benzene rings is 2. The van der Waals surface area contributed by atoms with Gasteiger partial charge < -0.3 is 16.6 Å². The van der Waals surface area contributed by atoms with Crippen molar-refractivity contribution in [2.24, 2.45) is 5.73 Å². The summed E-state index contributed by atoms with van der Waals surface area (Å²) in [6, 6.07) is 12.5. The molecule has 0 fully saturated rings. The third-order valence-electron chi connectivity index (χ3n) is 4.32. The molecule has 0 unspecified atom stereocenters. The minimum absolute atomic E-state index is 0.0437. The first kappa shape index (κ1) is 28.5. The van der Waals surface area contributed by atoms with Crippen molar-refractivity contribution < 1.29 is 14.3 Å². The maximum atomic E-state index is 14.9. The number of amides is 1.